The monoisotopic (exact) mass is 372 g/mol. The number of Topliss-reactive ketones (excluding diaryl/α,β-unsaturated/α-hetero) is 1. The SMILES string of the molecule is Cc1cc(-c2ccc(Cl)cc2)c(C)cc1CC(=O)CCC(C)(C)C(=O)O. The zero-order chi connectivity index (χ0) is 19.5. The van der Waals surface area contributed by atoms with Crippen molar-refractivity contribution in [3.63, 3.8) is 0 Å². The molecule has 0 aliphatic carbocycles. The van der Waals surface area contributed by atoms with Crippen LogP contribution in [-0.4, -0.2) is 16.9 Å². The number of carbonyl (C=O) groups excluding carboxylic acids is 1. The van der Waals surface area contributed by atoms with Gasteiger partial charge in [-0.3, -0.25) is 9.59 Å². The van der Waals surface area contributed by atoms with E-state index in [0.29, 0.717) is 17.9 Å². The van der Waals surface area contributed by atoms with Crippen molar-refractivity contribution in [2.45, 2.75) is 47.0 Å². The fourth-order valence-corrected chi connectivity index (χ4v) is 2.99. The van der Waals surface area contributed by atoms with Gasteiger partial charge in [0.25, 0.3) is 0 Å². The maximum Gasteiger partial charge on any atom is 0.309 e. The lowest BCUT2D eigenvalue weighted by Gasteiger charge is -2.18. The first kappa shape index (κ1) is 20.2. The maximum absolute atomic E-state index is 12.3. The lowest BCUT2D eigenvalue weighted by molar-refractivity contribution is -0.147. The Kier molecular flexibility index (Phi) is 6.25. The lowest BCUT2D eigenvalue weighted by atomic mass is 9.86. The molecule has 0 heterocycles. The van der Waals surface area contributed by atoms with Crippen LogP contribution < -0.4 is 0 Å². The molecule has 0 radical (unpaired) electrons. The Morgan fingerprint density at radius 2 is 1.65 bits per heavy atom. The van der Waals surface area contributed by atoms with Crippen LogP contribution in [0, 0.1) is 19.3 Å². The number of halogens is 1. The standard InChI is InChI=1S/C22H25ClO3/c1-14-12-20(16-5-7-18(23)8-6-16)15(2)11-17(14)13-19(24)9-10-22(3,4)21(25)26/h5-8,11-12H,9-10,13H2,1-4H3,(H,25,26). The number of carbonyl (C=O) groups is 2. The van der Waals surface area contributed by atoms with Gasteiger partial charge in [-0.1, -0.05) is 35.9 Å². The molecule has 0 aliphatic rings. The molecule has 0 atom stereocenters. The first-order chi connectivity index (χ1) is 12.1. The highest BCUT2D eigenvalue weighted by Crippen LogP contribution is 2.29. The molecule has 26 heavy (non-hydrogen) atoms. The van der Waals surface area contributed by atoms with Crippen LogP contribution in [-0.2, 0) is 16.0 Å². The summed E-state index contributed by atoms with van der Waals surface area (Å²) < 4.78 is 0. The van der Waals surface area contributed by atoms with Crippen LogP contribution in [0.5, 0.6) is 0 Å². The molecule has 0 bridgehead atoms. The normalized spacial score (nSPS) is 11.4. The fraction of sp³-hybridized carbons (Fsp3) is 0.364. The average Bonchev–Trinajstić information content (AvgIpc) is 2.57. The van der Waals surface area contributed by atoms with Crippen LogP contribution in [0.15, 0.2) is 36.4 Å². The van der Waals surface area contributed by atoms with E-state index in [2.05, 4.69) is 12.1 Å². The van der Waals surface area contributed by atoms with Gasteiger partial charge in [0.15, 0.2) is 0 Å². The quantitative estimate of drug-likeness (QED) is 0.685. The summed E-state index contributed by atoms with van der Waals surface area (Å²) in [5.74, 6) is -0.800. The molecule has 4 heteroatoms. The first-order valence-electron chi connectivity index (χ1n) is 8.71. The summed E-state index contributed by atoms with van der Waals surface area (Å²) in [6.07, 6.45) is 0.960. The summed E-state index contributed by atoms with van der Waals surface area (Å²) >= 11 is 5.96. The second-order valence-corrected chi connectivity index (χ2v) is 7.94. The third-order valence-electron chi connectivity index (χ3n) is 4.83. The third kappa shape index (κ3) is 4.95. The molecule has 0 amide bonds. The molecule has 1 N–H and O–H groups in total. The number of rotatable bonds is 7. The Bertz CT molecular complexity index is 820. The summed E-state index contributed by atoms with van der Waals surface area (Å²) in [4.78, 5) is 23.5. The molecule has 0 fully saturated rings. The van der Waals surface area contributed by atoms with Crippen molar-refractivity contribution in [3.05, 3.63) is 58.1 Å². The molecule has 3 nitrogen and oxygen atoms in total. The molecule has 0 spiro atoms. The van der Waals surface area contributed by atoms with Gasteiger partial charge in [-0.2, -0.15) is 0 Å². The van der Waals surface area contributed by atoms with Crippen molar-refractivity contribution < 1.29 is 14.7 Å². The first-order valence-corrected chi connectivity index (χ1v) is 9.09. The summed E-state index contributed by atoms with van der Waals surface area (Å²) in [6, 6.07) is 11.9. The molecule has 0 aliphatic heterocycles. The minimum atomic E-state index is -0.876. The number of benzene rings is 2. The number of carboxylic acid groups (broad SMARTS) is 1. The molecule has 2 aromatic carbocycles. The van der Waals surface area contributed by atoms with E-state index < -0.39 is 11.4 Å². The zero-order valence-corrected chi connectivity index (χ0v) is 16.5. The Morgan fingerprint density at radius 3 is 2.23 bits per heavy atom. The minimum Gasteiger partial charge on any atom is -0.481 e. The highest BCUT2D eigenvalue weighted by Gasteiger charge is 2.27. The Morgan fingerprint density at radius 1 is 1.04 bits per heavy atom. The van der Waals surface area contributed by atoms with Crippen LogP contribution in [0.2, 0.25) is 5.02 Å². The second kappa shape index (κ2) is 8.05. The Hall–Kier alpha value is -2.13. The summed E-state index contributed by atoms with van der Waals surface area (Å²) in [5, 5.41) is 9.86. The third-order valence-corrected chi connectivity index (χ3v) is 5.09. The van der Waals surface area contributed by atoms with E-state index in [9.17, 15) is 9.59 Å². The minimum absolute atomic E-state index is 0.0704. The number of hydrogen-bond donors (Lipinski definition) is 1. The smallest absolute Gasteiger partial charge is 0.309 e. The van der Waals surface area contributed by atoms with Gasteiger partial charge in [-0.25, -0.2) is 0 Å². The van der Waals surface area contributed by atoms with Gasteiger partial charge in [0.1, 0.15) is 5.78 Å². The van der Waals surface area contributed by atoms with Crippen LogP contribution in [0.4, 0.5) is 0 Å². The van der Waals surface area contributed by atoms with Gasteiger partial charge >= 0.3 is 5.97 Å². The number of hydrogen-bond acceptors (Lipinski definition) is 2. The summed E-state index contributed by atoms with van der Waals surface area (Å²) in [5.41, 5.74) is 4.51. The summed E-state index contributed by atoms with van der Waals surface area (Å²) in [6.45, 7) is 7.34. The highest BCUT2D eigenvalue weighted by molar-refractivity contribution is 6.30. The van der Waals surface area contributed by atoms with Gasteiger partial charge in [0.05, 0.1) is 5.41 Å². The zero-order valence-electron chi connectivity index (χ0n) is 15.7. The average molecular weight is 373 g/mol. The topological polar surface area (TPSA) is 54.4 Å². The molecule has 0 saturated carbocycles. The number of aryl methyl sites for hydroxylation is 2. The van der Waals surface area contributed by atoms with E-state index in [4.69, 9.17) is 16.7 Å². The molecule has 0 unspecified atom stereocenters. The second-order valence-electron chi connectivity index (χ2n) is 7.50. The van der Waals surface area contributed by atoms with Crippen molar-refractivity contribution in [1.29, 1.82) is 0 Å². The number of carboxylic acids is 1. The molecule has 2 rings (SSSR count). The van der Waals surface area contributed by atoms with Crippen LogP contribution in [0.25, 0.3) is 11.1 Å². The van der Waals surface area contributed by atoms with E-state index in [1.54, 1.807) is 13.8 Å². The van der Waals surface area contributed by atoms with E-state index in [0.717, 1.165) is 27.8 Å². The molecule has 2 aromatic rings. The Labute approximate surface area is 160 Å². The van der Waals surface area contributed by atoms with Crippen LogP contribution in [0.3, 0.4) is 0 Å². The summed E-state index contributed by atoms with van der Waals surface area (Å²) in [7, 11) is 0. The Balaban J connectivity index is 2.14. The van der Waals surface area contributed by atoms with Gasteiger partial charge in [-0.05, 0) is 74.1 Å². The number of ketones is 1. The lowest BCUT2D eigenvalue weighted by Crippen LogP contribution is -2.24. The van der Waals surface area contributed by atoms with E-state index in [-0.39, 0.29) is 12.2 Å². The molecular formula is C22H25ClO3. The van der Waals surface area contributed by atoms with Crippen molar-refractivity contribution in [3.8, 4) is 11.1 Å². The van der Waals surface area contributed by atoms with Gasteiger partial charge in [0, 0.05) is 17.9 Å². The predicted molar refractivity (Wildman–Crippen MR) is 106 cm³/mol. The molecule has 0 aromatic heterocycles. The molecule has 138 valence electrons. The fourth-order valence-electron chi connectivity index (χ4n) is 2.87. The van der Waals surface area contributed by atoms with Crippen molar-refractivity contribution in [2.24, 2.45) is 5.41 Å². The molecule has 0 saturated heterocycles. The van der Waals surface area contributed by atoms with E-state index >= 15 is 0 Å². The molecular weight excluding hydrogens is 348 g/mol. The van der Waals surface area contributed by atoms with Crippen molar-refractivity contribution >= 4 is 23.4 Å². The van der Waals surface area contributed by atoms with Crippen LogP contribution in [0.1, 0.15) is 43.4 Å². The van der Waals surface area contributed by atoms with Gasteiger partial charge < -0.3 is 5.11 Å². The van der Waals surface area contributed by atoms with Crippen molar-refractivity contribution in [1.82, 2.24) is 0 Å². The largest absolute Gasteiger partial charge is 0.481 e. The maximum atomic E-state index is 12.3. The number of aliphatic carboxylic acids is 1. The van der Waals surface area contributed by atoms with E-state index in [1.807, 2.05) is 38.1 Å². The highest BCUT2D eigenvalue weighted by atomic mass is 35.5. The van der Waals surface area contributed by atoms with Crippen molar-refractivity contribution in [2.75, 3.05) is 0 Å². The van der Waals surface area contributed by atoms with Gasteiger partial charge in [0.2, 0.25) is 0 Å². The predicted octanol–water partition coefficient (Wildman–Crippen LogP) is 5.63. The van der Waals surface area contributed by atoms with E-state index in [1.165, 1.54) is 0 Å². The van der Waals surface area contributed by atoms with Crippen LogP contribution >= 0.6 is 11.6 Å². The van der Waals surface area contributed by atoms with Gasteiger partial charge in [-0.15, -0.1) is 0 Å².